The second kappa shape index (κ2) is 7.36. The predicted molar refractivity (Wildman–Crippen MR) is 84.9 cm³/mol. The maximum atomic E-state index is 12.0. The van der Waals surface area contributed by atoms with E-state index in [0.717, 1.165) is 35.2 Å². The molecule has 1 amide bonds. The quantitative estimate of drug-likeness (QED) is 0.821. The van der Waals surface area contributed by atoms with Crippen molar-refractivity contribution in [1.29, 1.82) is 0 Å². The maximum Gasteiger partial charge on any atom is 0.224 e. The number of rotatable bonds is 7. The van der Waals surface area contributed by atoms with Crippen LogP contribution in [0.15, 0.2) is 23.7 Å². The van der Waals surface area contributed by atoms with Crippen molar-refractivity contribution >= 4 is 33.1 Å². The molecule has 0 saturated heterocycles. The summed E-state index contributed by atoms with van der Waals surface area (Å²) in [7, 11) is 0. The summed E-state index contributed by atoms with van der Waals surface area (Å²) in [6.45, 7) is 2.85. The molecule has 1 aromatic carbocycles. The van der Waals surface area contributed by atoms with Gasteiger partial charge in [0.2, 0.25) is 5.91 Å². The van der Waals surface area contributed by atoms with Crippen molar-refractivity contribution in [2.75, 3.05) is 11.9 Å². The van der Waals surface area contributed by atoms with Gasteiger partial charge in [0.25, 0.3) is 0 Å². The number of nitrogens with two attached hydrogens (primary N) is 1. The molecule has 20 heavy (non-hydrogen) atoms. The minimum Gasteiger partial charge on any atom is -0.330 e. The van der Waals surface area contributed by atoms with E-state index in [1.807, 2.05) is 23.7 Å². The van der Waals surface area contributed by atoms with E-state index in [9.17, 15) is 4.79 Å². The zero-order valence-corrected chi connectivity index (χ0v) is 12.6. The Morgan fingerprint density at radius 2 is 2.30 bits per heavy atom. The summed E-state index contributed by atoms with van der Waals surface area (Å²) in [5.74, 6) is 0.624. The number of carbonyl (C=O) groups excluding carboxylic acids is 1. The van der Waals surface area contributed by atoms with E-state index >= 15 is 0 Å². The smallest absolute Gasteiger partial charge is 0.224 e. The third-order valence-electron chi connectivity index (χ3n) is 3.55. The third kappa shape index (κ3) is 4.02. The molecular weight excluding hydrogens is 270 g/mol. The number of anilines is 1. The van der Waals surface area contributed by atoms with E-state index in [4.69, 9.17) is 5.73 Å². The molecule has 3 N–H and O–H groups in total. The van der Waals surface area contributed by atoms with Gasteiger partial charge in [0.15, 0.2) is 0 Å². The van der Waals surface area contributed by atoms with E-state index in [2.05, 4.69) is 17.2 Å². The number of aromatic nitrogens is 1. The lowest BCUT2D eigenvalue weighted by molar-refractivity contribution is -0.116. The number of carbonyl (C=O) groups is 1. The summed E-state index contributed by atoms with van der Waals surface area (Å²) in [6, 6.07) is 5.81. The van der Waals surface area contributed by atoms with Crippen LogP contribution in [-0.2, 0) is 4.79 Å². The van der Waals surface area contributed by atoms with Crippen LogP contribution in [0.25, 0.3) is 10.2 Å². The summed E-state index contributed by atoms with van der Waals surface area (Å²) >= 11 is 1.58. The summed E-state index contributed by atoms with van der Waals surface area (Å²) in [5, 5.41) is 2.95. The Kier molecular flexibility index (Phi) is 5.49. The fourth-order valence-electron chi connectivity index (χ4n) is 2.28. The summed E-state index contributed by atoms with van der Waals surface area (Å²) in [4.78, 5) is 16.2. The lowest BCUT2D eigenvalue weighted by Gasteiger charge is -2.13. The van der Waals surface area contributed by atoms with Crippen LogP contribution in [0.4, 0.5) is 5.69 Å². The van der Waals surface area contributed by atoms with E-state index in [1.54, 1.807) is 11.3 Å². The first-order valence-corrected chi connectivity index (χ1v) is 7.94. The van der Waals surface area contributed by atoms with Crippen molar-refractivity contribution in [3.05, 3.63) is 23.7 Å². The van der Waals surface area contributed by atoms with Gasteiger partial charge in [-0.3, -0.25) is 4.79 Å². The molecule has 0 aliphatic rings. The molecule has 108 valence electrons. The highest BCUT2D eigenvalue weighted by atomic mass is 32.1. The number of nitrogens with zero attached hydrogens (tertiary/aromatic N) is 1. The second-order valence-electron chi connectivity index (χ2n) is 4.97. The molecule has 0 bridgehead atoms. The van der Waals surface area contributed by atoms with Crippen LogP contribution in [0.3, 0.4) is 0 Å². The fraction of sp³-hybridized carbons (Fsp3) is 0.467. The molecule has 0 saturated carbocycles. The van der Waals surface area contributed by atoms with Crippen molar-refractivity contribution in [2.45, 2.75) is 32.6 Å². The molecule has 0 aliphatic carbocycles. The van der Waals surface area contributed by atoms with Gasteiger partial charge in [-0.1, -0.05) is 13.3 Å². The predicted octanol–water partition coefficient (Wildman–Crippen LogP) is 3.39. The van der Waals surface area contributed by atoms with Gasteiger partial charge in [0.05, 0.1) is 15.7 Å². The Hall–Kier alpha value is -1.46. The summed E-state index contributed by atoms with van der Waals surface area (Å²) in [6.07, 6.45) is 3.54. The molecule has 5 heteroatoms. The Labute approximate surface area is 123 Å². The first kappa shape index (κ1) is 14.9. The van der Waals surface area contributed by atoms with Crippen molar-refractivity contribution in [3.8, 4) is 0 Å². The van der Waals surface area contributed by atoms with Crippen molar-refractivity contribution in [3.63, 3.8) is 0 Å². The fourth-order valence-corrected chi connectivity index (χ4v) is 3.00. The van der Waals surface area contributed by atoms with E-state index in [1.165, 1.54) is 0 Å². The minimum atomic E-state index is 0.0735. The van der Waals surface area contributed by atoms with Crippen LogP contribution in [0.1, 0.15) is 32.6 Å². The van der Waals surface area contributed by atoms with Gasteiger partial charge in [-0.2, -0.15) is 0 Å². The van der Waals surface area contributed by atoms with Crippen LogP contribution >= 0.6 is 11.3 Å². The molecular formula is C15H21N3OS. The number of benzene rings is 1. The van der Waals surface area contributed by atoms with Crippen LogP contribution < -0.4 is 11.1 Å². The zero-order valence-electron chi connectivity index (χ0n) is 11.8. The highest BCUT2D eigenvalue weighted by molar-refractivity contribution is 7.16. The number of fused-ring (bicyclic) bond motifs is 1. The van der Waals surface area contributed by atoms with E-state index in [-0.39, 0.29) is 5.91 Å². The number of amides is 1. The highest BCUT2D eigenvalue weighted by Crippen LogP contribution is 2.22. The monoisotopic (exact) mass is 291 g/mol. The first-order valence-electron chi connectivity index (χ1n) is 7.06. The molecule has 0 fully saturated rings. The van der Waals surface area contributed by atoms with Gasteiger partial charge in [-0.05, 0) is 43.5 Å². The van der Waals surface area contributed by atoms with Crippen molar-refractivity contribution in [2.24, 2.45) is 11.7 Å². The van der Waals surface area contributed by atoms with E-state index < -0.39 is 0 Å². The average molecular weight is 291 g/mol. The zero-order chi connectivity index (χ0) is 14.4. The molecule has 1 heterocycles. The molecule has 1 aromatic heterocycles. The van der Waals surface area contributed by atoms with Gasteiger partial charge >= 0.3 is 0 Å². The van der Waals surface area contributed by atoms with Crippen molar-refractivity contribution in [1.82, 2.24) is 4.98 Å². The minimum absolute atomic E-state index is 0.0735. The number of hydrogen-bond donors (Lipinski definition) is 2. The molecule has 2 rings (SSSR count). The average Bonchev–Trinajstić information content (AvgIpc) is 2.91. The number of nitrogens with one attached hydrogen (secondary N) is 1. The lowest BCUT2D eigenvalue weighted by Crippen LogP contribution is -2.15. The normalized spacial score (nSPS) is 12.5. The van der Waals surface area contributed by atoms with Gasteiger partial charge in [0.1, 0.15) is 0 Å². The maximum absolute atomic E-state index is 12.0. The van der Waals surface area contributed by atoms with Crippen molar-refractivity contribution < 1.29 is 4.79 Å². The molecule has 4 nitrogen and oxygen atoms in total. The van der Waals surface area contributed by atoms with E-state index in [0.29, 0.717) is 18.9 Å². The lowest BCUT2D eigenvalue weighted by atomic mass is 9.96. The van der Waals surface area contributed by atoms with Crippen LogP contribution in [0.5, 0.6) is 0 Å². The Morgan fingerprint density at radius 1 is 1.45 bits per heavy atom. The number of thiazole rings is 1. The molecule has 2 aromatic rings. The summed E-state index contributed by atoms with van der Waals surface area (Å²) < 4.78 is 1.09. The second-order valence-corrected chi connectivity index (χ2v) is 5.86. The topological polar surface area (TPSA) is 68.0 Å². The van der Waals surface area contributed by atoms with Gasteiger partial charge in [-0.25, -0.2) is 4.98 Å². The largest absolute Gasteiger partial charge is 0.330 e. The molecule has 0 spiro atoms. The van der Waals surface area contributed by atoms with Gasteiger partial charge < -0.3 is 11.1 Å². The summed E-state index contributed by atoms with van der Waals surface area (Å²) in [5.41, 5.74) is 9.21. The molecule has 1 atom stereocenters. The van der Waals surface area contributed by atoms with Gasteiger partial charge in [-0.15, -0.1) is 11.3 Å². The standard InChI is InChI=1S/C15H21N3OS/c1-2-11(7-8-16)3-6-15(19)18-12-4-5-13-14(9-12)20-10-17-13/h4-5,9-11H,2-3,6-8,16H2,1H3,(H,18,19). The first-order chi connectivity index (χ1) is 9.72. The van der Waals surface area contributed by atoms with Crippen LogP contribution in [0.2, 0.25) is 0 Å². The molecule has 0 aliphatic heterocycles. The number of hydrogen-bond acceptors (Lipinski definition) is 4. The highest BCUT2D eigenvalue weighted by Gasteiger charge is 2.09. The third-order valence-corrected chi connectivity index (χ3v) is 4.34. The Bertz CT molecular complexity index is 567. The Morgan fingerprint density at radius 3 is 3.05 bits per heavy atom. The Balaban J connectivity index is 1.87. The molecule has 0 radical (unpaired) electrons. The van der Waals surface area contributed by atoms with Crippen LogP contribution in [0, 0.1) is 5.92 Å². The van der Waals surface area contributed by atoms with Gasteiger partial charge in [0, 0.05) is 12.1 Å². The van der Waals surface area contributed by atoms with Crippen LogP contribution in [-0.4, -0.2) is 17.4 Å². The SMILES string of the molecule is CCC(CCN)CCC(=O)Nc1ccc2ncsc2c1. The molecule has 1 unspecified atom stereocenters.